The zero-order chi connectivity index (χ0) is 7.98. The summed E-state index contributed by atoms with van der Waals surface area (Å²) >= 11 is 0. The first-order valence-electron chi connectivity index (χ1n) is 3.64. The first-order valence-corrected chi connectivity index (χ1v) is 3.64. The molecule has 0 aliphatic rings. The SMILES string of the molecule is CC[C@H](C)C(=C=O)CNC. The third-order valence-electron chi connectivity index (χ3n) is 1.71. The lowest BCUT2D eigenvalue weighted by atomic mass is 10.0. The van der Waals surface area contributed by atoms with Crippen LogP contribution in [0, 0.1) is 5.92 Å². The first-order chi connectivity index (χ1) is 4.76. The van der Waals surface area contributed by atoms with Gasteiger partial charge in [-0.05, 0) is 19.4 Å². The molecule has 2 heteroatoms. The molecule has 0 aliphatic heterocycles. The molecule has 0 spiro atoms. The molecule has 2 nitrogen and oxygen atoms in total. The molecule has 0 bridgehead atoms. The summed E-state index contributed by atoms with van der Waals surface area (Å²) in [6.45, 7) is 4.77. The van der Waals surface area contributed by atoms with Crippen molar-refractivity contribution >= 4 is 5.94 Å². The van der Waals surface area contributed by atoms with Crippen molar-refractivity contribution in [2.24, 2.45) is 5.92 Å². The average Bonchev–Trinajstić information content (AvgIpc) is 1.99. The zero-order valence-corrected chi connectivity index (χ0v) is 6.90. The Morgan fingerprint density at radius 3 is 2.60 bits per heavy atom. The van der Waals surface area contributed by atoms with Gasteiger partial charge in [-0.15, -0.1) is 0 Å². The van der Waals surface area contributed by atoms with Crippen LogP contribution in [0.1, 0.15) is 20.3 Å². The highest BCUT2D eigenvalue weighted by molar-refractivity contribution is 5.53. The highest BCUT2D eigenvalue weighted by Gasteiger charge is 2.05. The molecule has 0 amide bonds. The Labute approximate surface area is 62.3 Å². The highest BCUT2D eigenvalue weighted by Crippen LogP contribution is 2.09. The Morgan fingerprint density at radius 2 is 2.30 bits per heavy atom. The van der Waals surface area contributed by atoms with Gasteiger partial charge in [-0.2, -0.15) is 0 Å². The van der Waals surface area contributed by atoms with Crippen LogP contribution < -0.4 is 5.32 Å². The van der Waals surface area contributed by atoms with Gasteiger partial charge in [0, 0.05) is 12.1 Å². The second-order valence-corrected chi connectivity index (χ2v) is 2.47. The Morgan fingerprint density at radius 1 is 1.70 bits per heavy atom. The first kappa shape index (κ1) is 9.41. The van der Waals surface area contributed by atoms with Crippen LogP contribution in [0.4, 0.5) is 0 Å². The molecule has 1 atom stereocenters. The van der Waals surface area contributed by atoms with Gasteiger partial charge in [0.05, 0.1) is 0 Å². The average molecular weight is 141 g/mol. The minimum atomic E-state index is 0.366. The summed E-state index contributed by atoms with van der Waals surface area (Å²) in [5, 5.41) is 2.93. The van der Waals surface area contributed by atoms with Gasteiger partial charge in [0.1, 0.15) is 5.94 Å². The summed E-state index contributed by atoms with van der Waals surface area (Å²) in [6.07, 6.45) is 1.01. The Bertz CT molecular complexity index is 136. The van der Waals surface area contributed by atoms with E-state index < -0.39 is 0 Å². The molecule has 0 rings (SSSR count). The molecule has 0 heterocycles. The van der Waals surface area contributed by atoms with Crippen LogP contribution >= 0.6 is 0 Å². The number of nitrogens with one attached hydrogen (secondary N) is 1. The minimum absolute atomic E-state index is 0.366. The third-order valence-corrected chi connectivity index (χ3v) is 1.71. The van der Waals surface area contributed by atoms with E-state index in [0.717, 1.165) is 12.0 Å². The van der Waals surface area contributed by atoms with E-state index >= 15 is 0 Å². The Balaban J connectivity index is 3.95. The summed E-state index contributed by atoms with van der Waals surface area (Å²) < 4.78 is 0. The minimum Gasteiger partial charge on any atom is -0.315 e. The number of hydrogen-bond acceptors (Lipinski definition) is 2. The fourth-order valence-electron chi connectivity index (χ4n) is 0.748. The number of carbonyl (C=O) groups excluding carboxylic acids is 1. The summed E-state index contributed by atoms with van der Waals surface area (Å²) in [5.41, 5.74) is 0.838. The molecule has 10 heavy (non-hydrogen) atoms. The largest absolute Gasteiger partial charge is 0.315 e. The van der Waals surface area contributed by atoms with E-state index in [1.807, 2.05) is 19.9 Å². The fraction of sp³-hybridized carbons (Fsp3) is 0.750. The molecule has 0 saturated heterocycles. The maximum absolute atomic E-state index is 10.3. The van der Waals surface area contributed by atoms with Crippen LogP contribution in [-0.4, -0.2) is 19.5 Å². The third kappa shape index (κ3) is 2.81. The van der Waals surface area contributed by atoms with Crippen LogP contribution in [0.15, 0.2) is 5.57 Å². The summed E-state index contributed by atoms with van der Waals surface area (Å²) in [7, 11) is 1.83. The molecule has 0 saturated carbocycles. The van der Waals surface area contributed by atoms with E-state index in [-0.39, 0.29) is 0 Å². The van der Waals surface area contributed by atoms with E-state index in [1.54, 1.807) is 0 Å². The van der Waals surface area contributed by atoms with Crippen molar-refractivity contribution in [3.63, 3.8) is 0 Å². The standard InChI is InChI=1S/C8H15NO/c1-4-7(2)8(6-10)5-9-3/h7,9H,4-5H2,1-3H3/t7-/m0/s1. The van der Waals surface area contributed by atoms with Crippen LogP contribution in [0.3, 0.4) is 0 Å². The molecule has 0 aliphatic carbocycles. The highest BCUT2D eigenvalue weighted by atomic mass is 16.1. The predicted octanol–water partition coefficient (Wildman–Crippen LogP) is 1.01. The monoisotopic (exact) mass is 141 g/mol. The smallest absolute Gasteiger partial charge is 0.125 e. The molecule has 0 radical (unpaired) electrons. The van der Waals surface area contributed by atoms with E-state index in [2.05, 4.69) is 12.2 Å². The van der Waals surface area contributed by atoms with Gasteiger partial charge in [-0.1, -0.05) is 13.8 Å². The van der Waals surface area contributed by atoms with Gasteiger partial charge in [-0.3, -0.25) is 0 Å². The van der Waals surface area contributed by atoms with Crippen molar-refractivity contribution in [1.29, 1.82) is 0 Å². The van der Waals surface area contributed by atoms with Crippen molar-refractivity contribution in [3.8, 4) is 0 Å². The number of rotatable bonds is 4. The quantitative estimate of drug-likeness (QED) is 0.592. The number of hydrogen-bond donors (Lipinski definition) is 1. The predicted molar refractivity (Wildman–Crippen MR) is 42.6 cm³/mol. The van der Waals surface area contributed by atoms with Crippen molar-refractivity contribution in [2.75, 3.05) is 13.6 Å². The molecular formula is C8H15NO. The lowest BCUT2D eigenvalue weighted by Gasteiger charge is -2.08. The summed E-state index contributed by atoms with van der Waals surface area (Å²) in [6, 6.07) is 0. The number of likely N-dealkylation sites (N-methyl/N-ethyl adjacent to an activating group) is 1. The van der Waals surface area contributed by atoms with Gasteiger partial charge in [0.2, 0.25) is 0 Å². The van der Waals surface area contributed by atoms with Crippen molar-refractivity contribution < 1.29 is 4.79 Å². The van der Waals surface area contributed by atoms with Crippen LogP contribution in [0.25, 0.3) is 0 Å². The molecule has 58 valence electrons. The van der Waals surface area contributed by atoms with Crippen LogP contribution in [0.5, 0.6) is 0 Å². The maximum atomic E-state index is 10.3. The molecule has 0 aromatic rings. The van der Waals surface area contributed by atoms with Crippen molar-refractivity contribution in [2.45, 2.75) is 20.3 Å². The zero-order valence-electron chi connectivity index (χ0n) is 6.90. The van der Waals surface area contributed by atoms with E-state index in [0.29, 0.717) is 12.5 Å². The topological polar surface area (TPSA) is 29.1 Å². The lowest BCUT2D eigenvalue weighted by Crippen LogP contribution is -2.15. The van der Waals surface area contributed by atoms with Crippen molar-refractivity contribution in [3.05, 3.63) is 5.57 Å². The molecule has 0 fully saturated rings. The van der Waals surface area contributed by atoms with Gasteiger partial charge >= 0.3 is 0 Å². The molecule has 0 aromatic heterocycles. The van der Waals surface area contributed by atoms with Crippen molar-refractivity contribution in [1.82, 2.24) is 5.32 Å². The van der Waals surface area contributed by atoms with Gasteiger partial charge in [-0.25, -0.2) is 4.79 Å². The maximum Gasteiger partial charge on any atom is 0.125 e. The molecular weight excluding hydrogens is 126 g/mol. The molecule has 1 N–H and O–H groups in total. The van der Waals surface area contributed by atoms with Crippen LogP contribution in [-0.2, 0) is 4.79 Å². The fourth-order valence-corrected chi connectivity index (χ4v) is 0.748. The molecule has 0 unspecified atom stereocenters. The lowest BCUT2D eigenvalue weighted by molar-refractivity contribution is 0.554. The Hall–Kier alpha value is -0.590. The molecule has 0 aromatic carbocycles. The van der Waals surface area contributed by atoms with E-state index in [4.69, 9.17) is 0 Å². The Kier molecular flexibility index (Phi) is 4.91. The van der Waals surface area contributed by atoms with Crippen LogP contribution in [0.2, 0.25) is 0 Å². The summed E-state index contributed by atoms with van der Waals surface area (Å²) in [4.78, 5) is 10.3. The van der Waals surface area contributed by atoms with Gasteiger partial charge < -0.3 is 5.32 Å². The van der Waals surface area contributed by atoms with E-state index in [9.17, 15) is 4.79 Å². The summed E-state index contributed by atoms with van der Waals surface area (Å²) in [5.74, 6) is 2.32. The van der Waals surface area contributed by atoms with E-state index in [1.165, 1.54) is 0 Å². The normalized spacial score (nSPS) is 12.3. The second-order valence-electron chi connectivity index (χ2n) is 2.47. The van der Waals surface area contributed by atoms with Gasteiger partial charge in [0.15, 0.2) is 0 Å². The second kappa shape index (κ2) is 5.21. The van der Waals surface area contributed by atoms with Gasteiger partial charge in [0.25, 0.3) is 0 Å².